The van der Waals surface area contributed by atoms with Crippen LogP contribution in [-0.2, 0) is 16.4 Å². The Hall–Kier alpha value is -1.07. The zero-order valence-electron chi connectivity index (χ0n) is 13.8. The van der Waals surface area contributed by atoms with E-state index in [4.69, 9.17) is 4.74 Å². The average Bonchev–Trinajstić information content (AvgIpc) is 3.20. The molecule has 4 nitrogen and oxygen atoms in total. The second-order valence-electron chi connectivity index (χ2n) is 6.65. The number of benzene rings is 1. The summed E-state index contributed by atoms with van der Waals surface area (Å²) in [6, 6.07) is 6.09. The molecule has 22 heavy (non-hydrogen) atoms. The second-order valence-corrected chi connectivity index (χ2v) is 8.51. The highest BCUT2D eigenvalue weighted by molar-refractivity contribution is 7.89. The van der Waals surface area contributed by atoms with Crippen LogP contribution in [0.5, 0.6) is 5.75 Å². The van der Waals surface area contributed by atoms with Gasteiger partial charge >= 0.3 is 0 Å². The standard InChI is InChI=1S/C17H27NO3S/c1-13(2)10-16-6-7-17(11-14(16)3)21-9-8-18-22(19,20)12-15-4-5-15/h6-7,11,13,15,18H,4-5,8-10,12H2,1-3H3. The van der Waals surface area contributed by atoms with Gasteiger partial charge in [-0.3, -0.25) is 0 Å². The van der Waals surface area contributed by atoms with E-state index in [1.165, 1.54) is 11.1 Å². The lowest BCUT2D eigenvalue weighted by atomic mass is 9.99. The molecule has 0 aromatic heterocycles. The van der Waals surface area contributed by atoms with Crippen LogP contribution in [0.25, 0.3) is 0 Å². The Morgan fingerprint density at radius 2 is 2.05 bits per heavy atom. The van der Waals surface area contributed by atoms with Gasteiger partial charge in [-0.1, -0.05) is 19.9 Å². The highest BCUT2D eigenvalue weighted by atomic mass is 32.2. The largest absolute Gasteiger partial charge is 0.492 e. The van der Waals surface area contributed by atoms with Crippen LogP contribution in [0.1, 0.15) is 37.8 Å². The molecule has 0 amide bonds. The zero-order valence-corrected chi connectivity index (χ0v) is 14.6. The Morgan fingerprint density at radius 1 is 1.32 bits per heavy atom. The molecule has 1 aromatic rings. The molecule has 1 saturated carbocycles. The molecular weight excluding hydrogens is 298 g/mol. The van der Waals surface area contributed by atoms with Crippen molar-refractivity contribution in [3.63, 3.8) is 0 Å². The quantitative estimate of drug-likeness (QED) is 0.710. The summed E-state index contributed by atoms with van der Waals surface area (Å²) >= 11 is 0. The maximum Gasteiger partial charge on any atom is 0.211 e. The molecule has 124 valence electrons. The van der Waals surface area contributed by atoms with Gasteiger partial charge in [-0.2, -0.15) is 0 Å². The first-order chi connectivity index (χ1) is 10.4. The highest BCUT2D eigenvalue weighted by Crippen LogP contribution is 2.29. The van der Waals surface area contributed by atoms with Gasteiger partial charge in [-0.25, -0.2) is 13.1 Å². The third kappa shape index (κ3) is 5.97. The average molecular weight is 325 g/mol. The molecule has 0 aliphatic heterocycles. The number of sulfonamides is 1. The summed E-state index contributed by atoms with van der Waals surface area (Å²) in [7, 11) is -3.13. The maximum atomic E-state index is 11.7. The Bertz CT molecular complexity index is 592. The van der Waals surface area contributed by atoms with Crippen molar-refractivity contribution >= 4 is 10.0 Å². The monoisotopic (exact) mass is 325 g/mol. The number of nitrogens with one attached hydrogen (secondary N) is 1. The summed E-state index contributed by atoms with van der Waals surface area (Å²) in [6.07, 6.45) is 3.14. The van der Waals surface area contributed by atoms with E-state index in [9.17, 15) is 8.42 Å². The number of hydrogen-bond donors (Lipinski definition) is 1. The molecule has 5 heteroatoms. The summed E-state index contributed by atoms with van der Waals surface area (Å²) in [6.45, 7) is 7.17. The molecule has 0 saturated heterocycles. The predicted molar refractivity (Wildman–Crippen MR) is 89.7 cm³/mol. The predicted octanol–water partition coefficient (Wildman–Crippen LogP) is 2.90. The van der Waals surface area contributed by atoms with Crippen LogP contribution in [0.4, 0.5) is 0 Å². The van der Waals surface area contributed by atoms with E-state index in [-0.39, 0.29) is 5.75 Å². The molecule has 0 unspecified atom stereocenters. The molecule has 1 aliphatic carbocycles. The van der Waals surface area contributed by atoms with E-state index in [0.29, 0.717) is 25.0 Å². The van der Waals surface area contributed by atoms with E-state index < -0.39 is 10.0 Å². The lowest BCUT2D eigenvalue weighted by molar-refractivity contribution is 0.322. The van der Waals surface area contributed by atoms with Crippen LogP contribution >= 0.6 is 0 Å². The van der Waals surface area contributed by atoms with Crippen molar-refractivity contribution in [2.75, 3.05) is 18.9 Å². The molecule has 0 heterocycles. The molecule has 1 N–H and O–H groups in total. The molecule has 0 atom stereocenters. The van der Waals surface area contributed by atoms with Crippen LogP contribution in [-0.4, -0.2) is 27.3 Å². The van der Waals surface area contributed by atoms with Gasteiger partial charge in [0.1, 0.15) is 12.4 Å². The Morgan fingerprint density at radius 3 is 2.64 bits per heavy atom. The number of ether oxygens (including phenoxy) is 1. The van der Waals surface area contributed by atoms with Gasteiger partial charge in [-0.15, -0.1) is 0 Å². The van der Waals surface area contributed by atoms with Gasteiger partial charge < -0.3 is 4.74 Å². The SMILES string of the molecule is Cc1cc(OCCNS(=O)(=O)CC2CC2)ccc1CC(C)C. The van der Waals surface area contributed by atoms with Gasteiger partial charge in [0.05, 0.1) is 5.75 Å². The van der Waals surface area contributed by atoms with Crippen LogP contribution in [0.15, 0.2) is 18.2 Å². The van der Waals surface area contributed by atoms with E-state index in [2.05, 4.69) is 31.6 Å². The molecule has 1 aromatic carbocycles. The zero-order chi connectivity index (χ0) is 16.2. The molecule has 1 aliphatic rings. The van der Waals surface area contributed by atoms with Crippen LogP contribution < -0.4 is 9.46 Å². The minimum Gasteiger partial charge on any atom is -0.492 e. The maximum absolute atomic E-state index is 11.7. The van der Waals surface area contributed by atoms with Crippen molar-refractivity contribution in [1.82, 2.24) is 4.72 Å². The summed E-state index contributed by atoms with van der Waals surface area (Å²) in [5.74, 6) is 2.06. The third-order valence-corrected chi connectivity index (χ3v) is 5.34. The van der Waals surface area contributed by atoms with Crippen LogP contribution in [0.3, 0.4) is 0 Å². The fraction of sp³-hybridized carbons (Fsp3) is 0.647. The number of hydrogen-bond acceptors (Lipinski definition) is 3. The van der Waals surface area contributed by atoms with E-state index in [1.807, 2.05) is 12.1 Å². The molecule has 2 rings (SSSR count). The Labute approximate surface area is 134 Å². The van der Waals surface area contributed by atoms with E-state index >= 15 is 0 Å². The van der Waals surface area contributed by atoms with Gasteiger partial charge in [0, 0.05) is 6.54 Å². The van der Waals surface area contributed by atoms with Crippen molar-refractivity contribution in [3.8, 4) is 5.75 Å². The molecule has 0 spiro atoms. The molecule has 0 bridgehead atoms. The van der Waals surface area contributed by atoms with Crippen molar-refractivity contribution < 1.29 is 13.2 Å². The first-order valence-corrected chi connectivity index (χ1v) is 9.70. The number of rotatable bonds is 9. The summed E-state index contributed by atoms with van der Waals surface area (Å²) in [5.41, 5.74) is 2.56. The topological polar surface area (TPSA) is 55.4 Å². The molecule has 0 radical (unpaired) electrons. The fourth-order valence-corrected chi connectivity index (χ4v) is 3.91. The van der Waals surface area contributed by atoms with Gasteiger partial charge in [-0.05, 0) is 61.3 Å². The van der Waals surface area contributed by atoms with E-state index in [0.717, 1.165) is 25.0 Å². The van der Waals surface area contributed by atoms with Crippen LogP contribution in [0, 0.1) is 18.8 Å². The lowest BCUT2D eigenvalue weighted by Crippen LogP contribution is -2.30. The van der Waals surface area contributed by atoms with Gasteiger partial charge in [0.15, 0.2) is 0 Å². The lowest BCUT2D eigenvalue weighted by Gasteiger charge is -2.12. The minimum absolute atomic E-state index is 0.260. The Balaban J connectivity index is 1.75. The molecule has 1 fully saturated rings. The smallest absolute Gasteiger partial charge is 0.211 e. The third-order valence-electron chi connectivity index (χ3n) is 3.79. The number of aryl methyl sites for hydroxylation is 1. The summed E-state index contributed by atoms with van der Waals surface area (Å²) < 4.78 is 31.7. The summed E-state index contributed by atoms with van der Waals surface area (Å²) in [4.78, 5) is 0. The van der Waals surface area contributed by atoms with Gasteiger partial charge in [0.25, 0.3) is 0 Å². The summed E-state index contributed by atoms with van der Waals surface area (Å²) in [5, 5.41) is 0. The van der Waals surface area contributed by atoms with Gasteiger partial charge in [0.2, 0.25) is 10.0 Å². The minimum atomic E-state index is -3.13. The first kappa shape index (κ1) is 17.3. The van der Waals surface area contributed by atoms with Crippen molar-refractivity contribution in [1.29, 1.82) is 0 Å². The normalized spacial score (nSPS) is 15.3. The van der Waals surface area contributed by atoms with Crippen molar-refractivity contribution in [2.24, 2.45) is 11.8 Å². The Kier molecular flexibility index (Phi) is 5.87. The highest BCUT2D eigenvalue weighted by Gasteiger charge is 2.27. The van der Waals surface area contributed by atoms with Crippen molar-refractivity contribution in [3.05, 3.63) is 29.3 Å². The van der Waals surface area contributed by atoms with Crippen LogP contribution in [0.2, 0.25) is 0 Å². The second kappa shape index (κ2) is 7.47. The first-order valence-electron chi connectivity index (χ1n) is 8.05. The van der Waals surface area contributed by atoms with Crippen molar-refractivity contribution in [2.45, 2.75) is 40.0 Å². The fourth-order valence-electron chi connectivity index (χ4n) is 2.45. The van der Waals surface area contributed by atoms with E-state index in [1.54, 1.807) is 0 Å². The molecular formula is C17H27NO3S.